The SMILES string of the molecule is COc1cc(O)c(C(=O)c2ccc(O)cc2)c(O[C@H]2O[C@H](CO)[C@@H](O)[C@H](O)[C@H]2O)c1. The van der Waals surface area contributed by atoms with Gasteiger partial charge in [-0.05, 0) is 24.3 Å². The maximum atomic E-state index is 13.0. The lowest BCUT2D eigenvalue weighted by Crippen LogP contribution is -2.60. The molecule has 0 saturated carbocycles. The second kappa shape index (κ2) is 8.86. The molecule has 10 nitrogen and oxygen atoms in total. The molecule has 6 N–H and O–H groups in total. The number of aromatic hydroxyl groups is 2. The Kier molecular flexibility index (Phi) is 6.44. The average Bonchev–Trinajstić information content (AvgIpc) is 2.73. The van der Waals surface area contributed by atoms with E-state index in [1.807, 2.05) is 0 Å². The second-order valence-electron chi connectivity index (χ2n) is 6.71. The van der Waals surface area contributed by atoms with Gasteiger partial charge in [0.25, 0.3) is 0 Å². The van der Waals surface area contributed by atoms with E-state index in [9.17, 15) is 35.4 Å². The first-order valence-corrected chi connectivity index (χ1v) is 8.98. The number of phenolic OH excluding ortho intramolecular Hbond substituents is 2. The Morgan fingerprint density at radius 1 is 1.03 bits per heavy atom. The third kappa shape index (κ3) is 4.18. The monoisotopic (exact) mass is 422 g/mol. The van der Waals surface area contributed by atoms with E-state index in [0.29, 0.717) is 0 Å². The van der Waals surface area contributed by atoms with Crippen molar-refractivity contribution in [3.63, 3.8) is 0 Å². The first-order valence-electron chi connectivity index (χ1n) is 8.98. The Bertz CT molecular complexity index is 895. The summed E-state index contributed by atoms with van der Waals surface area (Å²) >= 11 is 0. The largest absolute Gasteiger partial charge is 0.508 e. The standard InChI is InChI=1S/C20H22O10/c1-28-11-6-12(23)15(16(24)9-2-4-10(22)5-3-9)13(7-11)29-20-19(27)18(26)17(25)14(8-21)30-20/h2-7,14,17-23,25-27H,8H2,1H3/t14-,17-,18+,19-,20+/m1/s1. The molecule has 0 aromatic heterocycles. The van der Waals surface area contributed by atoms with Crippen LogP contribution in [0.25, 0.3) is 0 Å². The third-order valence-electron chi connectivity index (χ3n) is 4.74. The lowest BCUT2D eigenvalue weighted by atomic mass is 9.98. The van der Waals surface area contributed by atoms with Crippen molar-refractivity contribution in [1.82, 2.24) is 0 Å². The number of aliphatic hydroxyl groups is 4. The number of benzene rings is 2. The highest BCUT2D eigenvalue weighted by atomic mass is 16.7. The zero-order chi connectivity index (χ0) is 22.0. The zero-order valence-corrected chi connectivity index (χ0v) is 15.9. The highest BCUT2D eigenvalue weighted by Crippen LogP contribution is 2.37. The number of ether oxygens (including phenoxy) is 3. The van der Waals surface area contributed by atoms with Gasteiger partial charge in [0.15, 0.2) is 0 Å². The van der Waals surface area contributed by atoms with Gasteiger partial charge in [0.05, 0.1) is 13.7 Å². The van der Waals surface area contributed by atoms with Gasteiger partial charge in [0.2, 0.25) is 12.1 Å². The first kappa shape index (κ1) is 21.8. The molecule has 1 fully saturated rings. The van der Waals surface area contributed by atoms with Crippen LogP contribution >= 0.6 is 0 Å². The van der Waals surface area contributed by atoms with Gasteiger partial charge in [-0.3, -0.25) is 4.79 Å². The molecule has 10 heteroatoms. The number of aliphatic hydroxyl groups excluding tert-OH is 4. The minimum Gasteiger partial charge on any atom is -0.508 e. The lowest BCUT2D eigenvalue weighted by molar-refractivity contribution is -0.277. The Labute approximate surface area is 171 Å². The Hall–Kier alpha value is -2.89. The van der Waals surface area contributed by atoms with Gasteiger partial charge in [-0.2, -0.15) is 0 Å². The molecular formula is C20H22O10. The van der Waals surface area contributed by atoms with Crippen LogP contribution in [0.5, 0.6) is 23.0 Å². The quantitative estimate of drug-likeness (QED) is 0.335. The van der Waals surface area contributed by atoms with E-state index in [4.69, 9.17) is 14.2 Å². The fourth-order valence-electron chi connectivity index (χ4n) is 3.06. The van der Waals surface area contributed by atoms with Crippen LogP contribution in [0.2, 0.25) is 0 Å². The lowest BCUT2D eigenvalue weighted by Gasteiger charge is -2.39. The summed E-state index contributed by atoms with van der Waals surface area (Å²) in [7, 11) is 1.33. The molecule has 0 radical (unpaired) electrons. The van der Waals surface area contributed by atoms with Gasteiger partial charge in [0.1, 0.15) is 53.0 Å². The van der Waals surface area contributed by atoms with Crippen LogP contribution in [0.1, 0.15) is 15.9 Å². The summed E-state index contributed by atoms with van der Waals surface area (Å²) in [6.45, 7) is -0.659. The van der Waals surface area contributed by atoms with Gasteiger partial charge in [-0.25, -0.2) is 0 Å². The predicted octanol–water partition coefficient (Wildman–Crippen LogP) is -0.484. The van der Waals surface area contributed by atoms with Crippen LogP contribution < -0.4 is 9.47 Å². The van der Waals surface area contributed by atoms with Gasteiger partial charge in [-0.1, -0.05) is 0 Å². The van der Waals surface area contributed by atoms with Crippen LogP contribution in [0.3, 0.4) is 0 Å². The van der Waals surface area contributed by atoms with Crippen molar-refractivity contribution >= 4 is 5.78 Å². The van der Waals surface area contributed by atoms with Crippen LogP contribution in [0, 0.1) is 0 Å². The summed E-state index contributed by atoms with van der Waals surface area (Å²) in [5, 5.41) is 59.2. The second-order valence-corrected chi connectivity index (χ2v) is 6.71. The molecule has 2 aromatic rings. The fraction of sp³-hybridized carbons (Fsp3) is 0.350. The summed E-state index contributed by atoms with van der Waals surface area (Å²) in [5.41, 5.74) is -0.148. The highest BCUT2D eigenvalue weighted by Gasteiger charge is 2.45. The van der Waals surface area contributed by atoms with E-state index in [0.717, 1.165) is 0 Å². The number of methoxy groups -OCH3 is 1. The van der Waals surface area contributed by atoms with Crippen molar-refractivity contribution in [3.8, 4) is 23.0 Å². The molecule has 1 saturated heterocycles. The van der Waals surface area contributed by atoms with Gasteiger partial charge >= 0.3 is 0 Å². The number of carbonyl (C=O) groups is 1. The molecule has 1 heterocycles. The smallest absolute Gasteiger partial charge is 0.229 e. The van der Waals surface area contributed by atoms with E-state index in [1.165, 1.54) is 43.5 Å². The number of phenols is 2. The van der Waals surface area contributed by atoms with Gasteiger partial charge < -0.3 is 44.8 Å². The number of hydrogen-bond donors (Lipinski definition) is 6. The van der Waals surface area contributed by atoms with Crippen LogP contribution in [0.15, 0.2) is 36.4 Å². The molecule has 0 amide bonds. The molecule has 3 rings (SSSR count). The van der Waals surface area contributed by atoms with E-state index in [-0.39, 0.29) is 28.4 Å². The molecule has 0 aliphatic carbocycles. The maximum absolute atomic E-state index is 13.0. The maximum Gasteiger partial charge on any atom is 0.229 e. The van der Waals surface area contributed by atoms with Crippen molar-refractivity contribution in [3.05, 3.63) is 47.5 Å². The van der Waals surface area contributed by atoms with Gasteiger partial charge in [0, 0.05) is 17.7 Å². The summed E-state index contributed by atoms with van der Waals surface area (Å²) in [4.78, 5) is 13.0. The zero-order valence-electron chi connectivity index (χ0n) is 15.9. The normalized spacial score (nSPS) is 26.2. The molecule has 1 aliphatic heterocycles. The first-order chi connectivity index (χ1) is 14.3. The third-order valence-corrected chi connectivity index (χ3v) is 4.74. The van der Waals surface area contributed by atoms with Crippen LogP contribution in [0.4, 0.5) is 0 Å². The van der Waals surface area contributed by atoms with E-state index in [2.05, 4.69) is 0 Å². The summed E-state index contributed by atoms with van der Waals surface area (Å²) < 4.78 is 16.0. The summed E-state index contributed by atoms with van der Waals surface area (Å²) in [6, 6.07) is 7.75. The molecule has 30 heavy (non-hydrogen) atoms. The molecule has 162 valence electrons. The van der Waals surface area contributed by atoms with Crippen molar-refractivity contribution < 1.29 is 49.6 Å². The van der Waals surface area contributed by atoms with E-state index < -0.39 is 48.8 Å². The minimum absolute atomic E-state index is 0.0525. The molecule has 2 aromatic carbocycles. The Morgan fingerprint density at radius 3 is 2.30 bits per heavy atom. The van der Waals surface area contributed by atoms with E-state index in [1.54, 1.807) is 0 Å². The van der Waals surface area contributed by atoms with Gasteiger partial charge in [-0.15, -0.1) is 0 Å². The Balaban J connectivity index is 2.00. The number of ketones is 1. The molecular weight excluding hydrogens is 400 g/mol. The fourth-order valence-corrected chi connectivity index (χ4v) is 3.06. The number of hydrogen-bond acceptors (Lipinski definition) is 10. The summed E-state index contributed by atoms with van der Waals surface area (Å²) in [5.74, 6) is -1.28. The minimum atomic E-state index is -1.72. The molecule has 5 atom stereocenters. The average molecular weight is 422 g/mol. The Morgan fingerprint density at radius 2 is 1.70 bits per heavy atom. The van der Waals surface area contributed by atoms with Crippen LogP contribution in [-0.4, -0.2) is 80.8 Å². The molecule has 0 bridgehead atoms. The summed E-state index contributed by atoms with van der Waals surface area (Å²) in [6.07, 6.45) is -7.77. The highest BCUT2D eigenvalue weighted by molar-refractivity contribution is 6.12. The number of rotatable bonds is 6. The number of carbonyl (C=O) groups excluding carboxylic acids is 1. The molecule has 0 spiro atoms. The van der Waals surface area contributed by atoms with Crippen molar-refractivity contribution in [2.75, 3.05) is 13.7 Å². The van der Waals surface area contributed by atoms with E-state index >= 15 is 0 Å². The van der Waals surface area contributed by atoms with Crippen molar-refractivity contribution in [2.24, 2.45) is 0 Å². The van der Waals surface area contributed by atoms with Crippen molar-refractivity contribution in [2.45, 2.75) is 30.7 Å². The van der Waals surface area contributed by atoms with Crippen molar-refractivity contribution in [1.29, 1.82) is 0 Å². The molecule has 1 aliphatic rings. The molecule has 0 unspecified atom stereocenters. The van der Waals surface area contributed by atoms with Crippen LogP contribution in [-0.2, 0) is 4.74 Å². The topological polar surface area (TPSA) is 166 Å². The predicted molar refractivity (Wildman–Crippen MR) is 101 cm³/mol.